The normalized spacial score (nSPS) is 16.3. The molecule has 0 spiro atoms. The number of benzene rings is 2. The van der Waals surface area contributed by atoms with Gasteiger partial charge in [0.25, 0.3) is 0 Å². The Kier molecular flexibility index (Phi) is 17.8. The van der Waals surface area contributed by atoms with E-state index in [1.807, 2.05) is 0 Å². The molecule has 0 amide bonds. The van der Waals surface area contributed by atoms with Gasteiger partial charge in [-0.3, -0.25) is 4.98 Å². The summed E-state index contributed by atoms with van der Waals surface area (Å²) < 4.78 is 0. The molecule has 1 heterocycles. The number of aryl methyl sites for hydroxylation is 4. The summed E-state index contributed by atoms with van der Waals surface area (Å²) in [5, 5.41) is 8.22. The third kappa shape index (κ3) is 12.1. The first-order valence-electron chi connectivity index (χ1n) is 23.3. The summed E-state index contributed by atoms with van der Waals surface area (Å²) in [6, 6.07) is 17.4. The van der Waals surface area contributed by atoms with Crippen molar-refractivity contribution >= 4 is 11.4 Å². The van der Waals surface area contributed by atoms with Crippen molar-refractivity contribution in [3.63, 3.8) is 0 Å². The lowest BCUT2D eigenvalue weighted by molar-refractivity contribution is 0.691. The second kappa shape index (κ2) is 22.7. The number of nitrogens with one attached hydrogen (secondary N) is 2. The van der Waals surface area contributed by atoms with Crippen molar-refractivity contribution in [2.24, 2.45) is 0 Å². The Balaban J connectivity index is 1.42. The van der Waals surface area contributed by atoms with Gasteiger partial charge in [-0.1, -0.05) is 135 Å². The third-order valence-corrected chi connectivity index (χ3v) is 12.9. The average Bonchev–Trinajstić information content (AvgIpc) is 3.93. The van der Waals surface area contributed by atoms with E-state index in [0.717, 1.165) is 23.2 Å². The number of nitrogens with zero attached hydrogens (tertiary/aromatic N) is 1. The van der Waals surface area contributed by atoms with Gasteiger partial charge in [-0.15, -0.1) is 0 Å². The number of unbranched alkanes of at least 4 members (excludes halogenated alkanes) is 8. The van der Waals surface area contributed by atoms with Crippen LogP contribution in [0.3, 0.4) is 0 Å². The molecule has 5 rings (SSSR count). The summed E-state index contributed by atoms with van der Waals surface area (Å²) in [5.41, 5.74) is 14.5. The molecule has 2 unspecified atom stereocenters. The predicted molar refractivity (Wildman–Crippen MR) is 237 cm³/mol. The summed E-state index contributed by atoms with van der Waals surface area (Å²) in [4.78, 5) is 5.42. The molecule has 3 nitrogen and oxygen atoms in total. The summed E-state index contributed by atoms with van der Waals surface area (Å²) in [5.74, 6) is 1.49. The largest absolute Gasteiger partial charge is 0.377 e. The van der Waals surface area contributed by atoms with Gasteiger partial charge >= 0.3 is 0 Å². The van der Waals surface area contributed by atoms with Gasteiger partial charge in [0.05, 0.1) is 23.5 Å². The molecule has 2 aliphatic rings. The van der Waals surface area contributed by atoms with Gasteiger partial charge < -0.3 is 10.6 Å². The highest BCUT2D eigenvalue weighted by Crippen LogP contribution is 2.40. The van der Waals surface area contributed by atoms with E-state index in [2.05, 4.69) is 94.6 Å². The number of aromatic nitrogens is 1. The van der Waals surface area contributed by atoms with Crippen LogP contribution >= 0.6 is 0 Å². The molecule has 2 N–H and O–H groups in total. The fraction of sp³-hybridized carbons (Fsp3) is 0.667. The van der Waals surface area contributed by atoms with E-state index < -0.39 is 0 Å². The van der Waals surface area contributed by atoms with Crippen LogP contribution in [0.1, 0.15) is 239 Å². The molecule has 3 heteroatoms. The van der Waals surface area contributed by atoms with Crippen LogP contribution in [0.15, 0.2) is 42.5 Å². The minimum Gasteiger partial charge on any atom is -0.377 e. The highest BCUT2D eigenvalue weighted by Gasteiger charge is 2.24. The summed E-state index contributed by atoms with van der Waals surface area (Å²) >= 11 is 0. The zero-order valence-electron chi connectivity index (χ0n) is 35.8. The van der Waals surface area contributed by atoms with Gasteiger partial charge in [0.1, 0.15) is 0 Å². The Hall–Kier alpha value is -2.81. The molecule has 2 fully saturated rings. The van der Waals surface area contributed by atoms with Crippen LogP contribution in [0.5, 0.6) is 0 Å². The van der Waals surface area contributed by atoms with E-state index >= 15 is 0 Å². The van der Waals surface area contributed by atoms with Crippen molar-refractivity contribution in [1.82, 2.24) is 4.98 Å². The Labute approximate surface area is 332 Å². The van der Waals surface area contributed by atoms with E-state index in [1.165, 1.54) is 165 Å². The molecule has 298 valence electrons. The average molecular weight is 734 g/mol. The van der Waals surface area contributed by atoms with Crippen LogP contribution in [0.2, 0.25) is 0 Å². The molecule has 54 heavy (non-hydrogen) atoms. The van der Waals surface area contributed by atoms with Gasteiger partial charge in [-0.25, -0.2) is 0 Å². The van der Waals surface area contributed by atoms with E-state index in [-0.39, 0.29) is 12.1 Å². The molecule has 0 bridgehead atoms. The Morgan fingerprint density at radius 2 is 0.815 bits per heavy atom. The second-order valence-electron chi connectivity index (χ2n) is 17.4. The molecular weight excluding hydrogens is 655 g/mol. The minimum atomic E-state index is 0.129. The molecular formula is C51H79N3. The number of anilines is 2. The van der Waals surface area contributed by atoms with Gasteiger partial charge in [0, 0.05) is 11.4 Å². The SMILES string of the molecule is CCCCCc1cc(C2CCCC2)cc(CCCCC)c1NC(C)c1cccc(C(C)Nc2c(CCCCC)cc(C3CCCC3)cc2CCCCC)n1. The lowest BCUT2D eigenvalue weighted by atomic mass is 9.89. The zero-order chi connectivity index (χ0) is 38.1. The molecule has 2 aliphatic carbocycles. The van der Waals surface area contributed by atoms with Crippen LogP contribution in [0.25, 0.3) is 0 Å². The van der Waals surface area contributed by atoms with Crippen molar-refractivity contribution in [3.05, 3.63) is 87.2 Å². The van der Waals surface area contributed by atoms with Crippen molar-refractivity contribution in [3.8, 4) is 0 Å². The van der Waals surface area contributed by atoms with Crippen LogP contribution in [0.4, 0.5) is 11.4 Å². The molecule has 3 aromatic rings. The predicted octanol–water partition coefficient (Wildman–Crippen LogP) is 15.7. The summed E-state index contributed by atoms with van der Waals surface area (Å²) in [7, 11) is 0. The van der Waals surface area contributed by atoms with Crippen LogP contribution in [-0.2, 0) is 25.7 Å². The number of hydrogen-bond acceptors (Lipinski definition) is 3. The van der Waals surface area contributed by atoms with Gasteiger partial charge in [-0.05, 0) is 148 Å². The summed E-state index contributed by atoms with van der Waals surface area (Å²) in [6.45, 7) is 14.0. The topological polar surface area (TPSA) is 37.0 Å². The third-order valence-electron chi connectivity index (χ3n) is 12.9. The van der Waals surface area contributed by atoms with Gasteiger partial charge in [0.2, 0.25) is 0 Å². The van der Waals surface area contributed by atoms with Crippen LogP contribution in [0, 0.1) is 0 Å². The quantitative estimate of drug-likeness (QED) is 0.0900. The second-order valence-corrected chi connectivity index (χ2v) is 17.4. The van der Waals surface area contributed by atoms with Crippen molar-refractivity contribution in [2.45, 2.75) is 220 Å². The summed E-state index contributed by atoms with van der Waals surface area (Å²) in [6.07, 6.45) is 31.0. The van der Waals surface area contributed by atoms with Crippen molar-refractivity contribution in [1.29, 1.82) is 0 Å². The highest BCUT2D eigenvalue weighted by atomic mass is 15.0. The maximum absolute atomic E-state index is 5.42. The Bertz CT molecular complexity index is 1350. The smallest absolute Gasteiger partial charge is 0.0657 e. The molecule has 2 saturated carbocycles. The fourth-order valence-electron chi connectivity index (χ4n) is 9.53. The van der Waals surface area contributed by atoms with Crippen LogP contribution in [-0.4, -0.2) is 4.98 Å². The molecule has 0 saturated heterocycles. The molecule has 2 aromatic carbocycles. The lowest BCUT2D eigenvalue weighted by Gasteiger charge is -2.26. The van der Waals surface area contributed by atoms with E-state index in [0.29, 0.717) is 0 Å². The first-order chi connectivity index (χ1) is 26.4. The molecule has 0 radical (unpaired) electrons. The number of hydrogen-bond donors (Lipinski definition) is 2. The highest BCUT2D eigenvalue weighted by molar-refractivity contribution is 5.62. The lowest BCUT2D eigenvalue weighted by Crippen LogP contribution is -2.16. The molecule has 0 aliphatic heterocycles. The van der Waals surface area contributed by atoms with E-state index in [1.54, 1.807) is 33.4 Å². The minimum absolute atomic E-state index is 0.129. The van der Waals surface area contributed by atoms with Gasteiger partial charge in [0.15, 0.2) is 0 Å². The maximum atomic E-state index is 5.42. The first-order valence-corrected chi connectivity index (χ1v) is 23.3. The Morgan fingerprint density at radius 3 is 1.11 bits per heavy atom. The molecule has 1 aromatic heterocycles. The maximum Gasteiger partial charge on any atom is 0.0657 e. The van der Waals surface area contributed by atoms with E-state index in [9.17, 15) is 0 Å². The molecule has 2 atom stereocenters. The van der Waals surface area contributed by atoms with Crippen LogP contribution < -0.4 is 10.6 Å². The zero-order valence-corrected chi connectivity index (χ0v) is 35.8. The van der Waals surface area contributed by atoms with Crippen molar-refractivity contribution < 1.29 is 0 Å². The Morgan fingerprint density at radius 1 is 0.500 bits per heavy atom. The van der Waals surface area contributed by atoms with E-state index in [4.69, 9.17) is 4.98 Å². The number of pyridine rings is 1. The standard InChI is InChI=1S/C51H79N3/c1-7-11-15-28-42-34-46(40-24-19-20-25-40)35-43(29-16-12-8-2)50(42)52-38(5)48-32-23-33-49(54-48)39(6)53-51-44(30-17-13-9-3)36-47(41-26-21-22-27-41)37-45(51)31-18-14-10-4/h23,32-41,52-53H,7-22,24-31H2,1-6H3. The fourth-order valence-corrected chi connectivity index (χ4v) is 9.53. The number of rotatable bonds is 24. The monoisotopic (exact) mass is 734 g/mol. The first kappa shape index (κ1) is 42.3. The van der Waals surface area contributed by atoms with Crippen molar-refractivity contribution in [2.75, 3.05) is 10.6 Å². The van der Waals surface area contributed by atoms with Gasteiger partial charge in [-0.2, -0.15) is 0 Å².